The van der Waals surface area contributed by atoms with Crippen LogP contribution in [0.5, 0.6) is 0 Å². The van der Waals surface area contributed by atoms with E-state index in [4.69, 9.17) is 11.6 Å². The summed E-state index contributed by atoms with van der Waals surface area (Å²) in [6.45, 7) is 9.82. The number of halogens is 1. The van der Waals surface area contributed by atoms with E-state index in [1.165, 1.54) is 17.0 Å². The summed E-state index contributed by atoms with van der Waals surface area (Å²) in [5, 5.41) is 3.38. The van der Waals surface area contributed by atoms with Crippen LogP contribution in [0.25, 0.3) is 0 Å². The molecule has 0 radical (unpaired) electrons. The standard InChI is InChI=1S/C31H38ClN3O4S/c1-6-29(31(37)33-19-22(2)3)34(20-25-11-7-23(4)8-12-25)30(36)21-35(27-15-13-26(32)14-16-27)40(38,39)28-17-9-24(5)10-18-28/h7-18,22,29H,6,19-21H2,1-5H3,(H,33,37)/t29-/m1/s1. The zero-order chi connectivity index (χ0) is 29.4. The van der Waals surface area contributed by atoms with Gasteiger partial charge in [-0.25, -0.2) is 8.42 Å². The molecule has 0 saturated carbocycles. The Labute approximate surface area is 243 Å². The molecular formula is C31H38ClN3O4S. The van der Waals surface area contributed by atoms with Gasteiger partial charge in [0.25, 0.3) is 10.0 Å². The van der Waals surface area contributed by atoms with Gasteiger partial charge in [-0.2, -0.15) is 0 Å². The predicted molar refractivity (Wildman–Crippen MR) is 161 cm³/mol. The number of aryl methyl sites for hydroxylation is 2. The molecular weight excluding hydrogens is 546 g/mol. The van der Waals surface area contributed by atoms with Gasteiger partial charge in [-0.1, -0.05) is 79.9 Å². The molecule has 0 spiro atoms. The summed E-state index contributed by atoms with van der Waals surface area (Å²) in [5.41, 5.74) is 3.12. The molecule has 3 aromatic rings. The summed E-state index contributed by atoms with van der Waals surface area (Å²) >= 11 is 6.08. The second kappa shape index (κ2) is 13.8. The highest BCUT2D eigenvalue weighted by molar-refractivity contribution is 7.92. The maximum absolute atomic E-state index is 14.1. The quantitative estimate of drug-likeness (QED) is 0.295. The summed E-state index contributed by atoms with van der Waals surface area (Å²) in [6.07, 6.45) is 0.368. The number of carbonyl (C=O) groups excluding carboxylic acids is 2. The fraction of sp³-hybridized carbons (Fsp3) is 0.355. The van der Waals surface area contributed by atoms with Gasteiger partial charge in [0.05, 0.1) is 10.6 Å². The number of sulfonamides is 1. The second-order valence-electron chi connectivity index (χ2n) is 10.4. The van der Waals surface area contributed by atoms with Crippen LogP contribution in [0, 0.1) is 19.8 Å². The lowest BCUT2D eigenvalue weighted by molar-refractivity contribution is -0.140. The molecule has 3 aromatic carbocycles. The van der Waals surface area contributed by atoms with Gasteiger partial charge in [-0.3, -0.25) is 13.9 Å². The van der Waals surface area contributed by atoms with Crippen LogP contribution >= 0.6 is 11.6 Å². The van der Waals surface area contributed by atoms with Crippen molar-refractivity contribution >= 4 is 39.1 Å². The third-order valence-corrected chi connectivity index (χ3v) is 8.59. The fourth-order valence-electron chi connectivity index (χ4n) is 4.21. The van der Waals surface area contributed by atoms with Gasteiger partial charge in [-0.05, 0) is 68.1 Å². The molecule has 0 unspecified atom stereocenters. The minimum Gasteiger partial charge on any atom is -0.354 e. The van der Waals surface area contributed by atoms with Gasteiger partial charge in [0, 0.05) is 18.1 Å². The van der Waals surface area contributed by atoms with E-state index < -0.39 is 28.5 Å². The lowest BCUT2D eigenvalue weighted by Crippen LogP contribution is -2.52. The zero-order valence-electron chi connectivity index (χ0n) is 23.7. The monoisotopic (exact) mass is 583 g/mol. The van der Waals surface area contributed by atoms with Crippen molar-refractivity contribution in [3.05, 3.63) is 94.5 Å². The van der Waals surface area contributed by atoms with Gasteiger partial charge in [0.2, 0.25) is 11.8 Å². The maximum Gasteiger partial charge on any atom is 0.264 e. The van der Waals surface area contributed by atoms with Crippen molar-refractivity contribution in [1.29, 1.82) is 0 Å². The fourth-order valence-corrected chi connectivity index (χ4v) is 5.75. The molecule has 9 heteroatoms. The van der Waals surface area contributed by atoms with E-state index in [1.807, 2.05) is 58.9 Å². The first-order valence-electron chi connectivity index (χ1n) is 13.4. The highest BCUT2D eigenvalue weighted by Gasteiger charge is 2.33. The van der Waals surface area contributed by atoms with Crippen LogP contribution in [0.15, 0.2) is 77.7 Å². The van der Waals surface area contributed by atoms with Crippen LogP contribution in [-0.4, -0.2) is 44.3 Å². The second-order valence-corrected chi connectivity index (χ2v) is 12.7. The van der Waals surface area contributed by atoms with E-state index in [9.17, 15) is 18.0 Å². The van der Waals surface area contributed by atoms with Gasteiger partial charge in [0.15, 0.2) is 0 Å². The van der Waals surface area contributed by atoms with Crippen molar-refractivity contribution in [3.8, 4) is 0 Å². The molecule has 40 heavy (non-hydrogen) atoms. The molecule has 0 aliphatic heterocycles. The molecule has 0 aromatic heterocycles. The molecule has 1 atom stereocenters. The predicted octanol–water partition coefficient (Wildman–Crippen LogP) is 5.73. The molecule has 214 valence electrons. The number of hydrogen-bond donors (Lipinski definition) is 1. The van der Waals surface area contributed by atoms with E-state index >= 15 is 0 Å². The van der Waals surface area contributed by atoms with Gasteiger partial charge >= 0.3 is 0 Å². The molecule has 0 heterocycles. The Bertz CT molecular complexity index is 1390. The third-order valence-electron chi connectivity index (χ3n) is 6.55. The van der Waals surface area contributed by atoms with Crippen molar-refractivity contribution in [3.63, 3.8) is 0 Å². The number of anilines is 1. The topological polar surface area (TPSA) is 86.8 Å². The Morgan fingerprint density at radius 2 is 1.43 bits per heavy atom. The minimum absolute atomic E-state index is 0.0626. The molecule has 0 fully saturated rings. The third kappa shape index (κ3) is 8.08. The normalized spacial score (nSPS) is 12.2. The van der Waals surface area contributed by atoms with Crippen LogP contribution in [0.3, 0.4) is 0 Å². The first-order valence-corrected chi connectivity index (χ1v) is 15.2. The Hall–Kier alpha value is -3.36. The lowest BCUT2D eigenvalue weighted by Gasteiger charge is -2.33. The highest BCUT2D eigenvalue weighted by Crippen LogP contribution is 2.26. The van der Waals surface area contributed by atoms with Crippen LogP contribution < -0.4 is 9.62 Å². The minimum atomic E-state index is -4.12. The molecule has 0 saturated heterocycles. The summed E-state index contributed by atoms with van der Waals surface area (Å²) in [7, 11) is -4.12. The van der Waals surface area contributed by atoms with E-state index in [1.54, 1.807) is 36.4 Å². The number of hydrogen-bond acceptors (Lipinski definition) is 4. The Morgan fingerprint density at radius 1 is 0.875 bits per heavy atom. The van der Waals surface area contributed by atoms with Gasteiger partial charge in [0.1, 0.15) is 12.6 Å². The molecule has 0 aliphatic rings. The van der Waals surface area contributed by atoms with Crippen molar-refractivity contribution in [2.45, 2.75) is 58.5 Å². The first kappa shape index (κ1) is 31.2. The molecule has 3 rings (SSSR count). The summed E-state index contributed by atoms with van der Waals surface area (Å²) in [4.78, 5) is 28.9. The average molecular weight is 584 g/mol. The summed E-state index contributed by atoms with van der Waals surface area (Å²) in [5.74, 6) is -0.517. The van der Waals surface area contributed by atoms with Crippen LogP contribution in [0.4, 0.5) is 5.69 Å². The average Bonchev–Trinajstić information content (AvgIpc) is 2.92. The molecule has 1 N–H and O–H groups in total. The van der Waals surface area contributed by atoms with E-state index in [2.05, 4.69) is 5.32 Å². The largest absolute Gasteiger partial charge is 0.354 e. The molecule has 2 amide bonds. The van der Waals surface area contributed by atoms with Gasteiger partial charge < -0.3 is 10.2 Å². The Kier molecular flexibility index (Phi) is 10.8. The van der Waals surface area contributed by atoms with Crippen molar-refractivity contribution in [2.75, 3.05) is 17.4 Å². The van der Waals surface area contributed by atoms with Crippen LogP contribution in [-0.2, 0) is 26.2 Å². The number of rotatable bonds is 12. The highest BCUT2D eigenvalue weighted by atomic mass is 35.5. The number of nitrogens with one attached hydrogen (secondary N) is 1. The lowest BCUT2D eigenvalue weighted by atomic mass is 10.1. The smallest absolute Gasteiger partial charge is 0.264 e. The zero-order valence-corrected chi connectivity index (χ0v) is 25.3. The molecule has 0 bridgehead atoms. The van der Waals surface area contributed by atoms with Crippen molar-refractivity contribution in [1.82, 2.24) is 10.2 Å². The van der Waals surface area contributed by atoms with Crippen molar-refractivity contribution in [2.24, 2.45) is 5.92 Å². The van der Waals surface area contributed by atoms with Gasteiger partial charge in [-0.15, -0.1) is 0 Å². The Morgan fingerprint density at radius 3 is 1.95 bits per heavy atom. The number of nitrogens with zero attached hydrogens (tertiary/aromatic N) is 2. The SMILES string of the molecule is CC[C@H](C(=O)NCC(C)C)N(Cc1ccc(C)cc1)C(=O)CN(c1ccc(Cl)cc1)S(=O)(=O)c1ccc(C)cc1. The van der Waals surface area contributed by atoms with Crippen LogP contribution in [0.1, 0.15) is 43.9 Å². The Balaban J connectivity index is 2.03. The number of carbonyl (C=O) groups is 2. The first-order chi connectivity index (χ1) is 18.9. The summed E-state index contributed by atoms with van der Waals surface area (Å²) in [6, 6.07) is 19.7. The maximum atomic E-state index is 14.1. The van der Waals surface area contributed by atoms with Crippen LogP contribution in [0.2, 0.25) is 5.02 Å². The van der Waals surface area contributed by atoms with E-state index in [0.29, 0.717) is 23.7 Å². The molecule has 0 aliphatic carbocycles. The number of amides is 2. The molecule has 7 nitrogen and oxygen atoms in total. The van der Waals surface area contributed by atoms with Crippen molar-refractivity contribution < 1.29 is 18.0 Å². The summed E-state index contributed by atoms with van der Waals surface area (Å²) < 4.78 is 28.8. The van der Waals surface area contributed by atoms with E-state index in [0.717, 1.165) is 21.0 Å². The number of benzene rings is 3. The van der Waals surface area contributed by atoms with E-state index in [-0.39, 0.29) is 23.3 Å².